The fourth-order valence-corrected chi connectivity index (χ4v) is 2.92. The minimum absolute atomic E-state index is 0.178. The maximum Gasteiger partial charge on any atom is 0.146 e. The minimum Gasteiger partial charge on any atom is -0.505 e. The SMILES string of the molecule is CC(C)(C)c1cc(CCCCl)cc(-n2nc3ccccc3n2)c1O. The Bertz CT molecular complexity index is 832. The van der Waals surface area contributed by atoms with Crippen molar-refractivity contribution in [3.8, 4) is 11.4 Å². The molecule has 0 fully saturated rings. The van der Waals surface area contributed by atoms with Crippen molar-refractivity contribution in [3.63, 3.8) is 0 Å². The lowest BCUT2D eigenvalue weighted by Crippen LogP contribution is -2.14. The second kappa shape index (κ2) is 6.44. The number of hydrogen-bond acceptors (Lipinski definition) is 3. The van der Waals surface area contributed by atoms with Crippen LogP contribution in [0.4, 0.5) is 0 Å². The van der Waals surface area contributed by atoms with Crippen LogP contribution >= 0.6 is 11.6 Å². The summed E-state index contributed by atoms with van der Waals surface area (Å²) in [7, 11) is 0. The van der Waals surface area contributed by atoms with Crippen molar-refractivity contribution in [1.29, 1.82) is 0 Å². The number of hydrogen-bond donors (Lipinski definition) is 1. The van der Waals surface area contributed by atoms with E-state index in [1.54, 1.807) is 0 Å². The van der Waals surface area contributed by atoms with Crippen LogP contribution in [0.2, 0.25) is 0 Å². The number of aryl methyl sites for hydroxylation is 1. The van der Waals surface area contributed by atoms with Gasteiger partial charge in [0.2, 0.25) is 0 Å². The maximum atomic E-state index is 10.8. The van der Waals surface area contributed by atoms with Gasteiger partial charge < -0.3 is 5.11 Å². The molecule has 3 aromatic rings. The Morgan fingerprint density at radius 3 is 2.25 bits per heavy atom. The predicted molar refractivity (Wildman–Crippen MR) is 98.3 cm³/mol. The zero-order chi connectivity index (χ0) is 17.3. The fourth-order valence-electron chi connectivity index (χ4n) is 2.78. The molecular weight excluding hydrogens is 322 g/mol. The molecular formula is C19H22ClN3O. The fraction of sp³-hybridized carbons (Fsp3) is 0.368. The smallest absolute Gasteiger partial charge is 0.146 e. The van der Waals surface area contributed by atoms with Crippen LogP contribution in [-0.2, 0) is 11.8 Å². The van der Waals surface area contributed by atoms with Gasteiger partial charge >= 0.3 is 0 Å². The summed E-state index contributed by atoms with van der Waals surface area (Å²) < 4.78 is 0. The van der Waals surface area contributed by atoms with Crippen LogP contribution in [-0.4, -0.2) is 26.0 Å². The first-order chi connectivity index (χ1) is 11.4. The first kappa shape index (κ1) is 16.8. The van der Waals surface area contributed by atoms with Crippen molar-refractivity contribution in [2.45, 2.75) is 39.0 Å². The van der Waals surface area contributed by atoms with Crippen molar-refractivity contribution < 1.29 is 5.11 Å². The quantitative estimate of drug-likeness (QED) is 0.704. The van der Waals surface area contributed by atoms with E-state index >= 15 is 0 Å². The lowest BCUT2D eigenvalue weighted by molar-refractivity contribution is 0.440. The number of fused-ring (bicyclic) bond motifs is 1. The number of alkyl halides is 1. The Labute approximate surface area is 147 Å². The number of phenolic OH excluding ortho intramolecular Hbond substituents is 1. The Kier molecular flexibility index (Phi) is 4.50. The molecule has 4 nitrogen and oxygen atoms in total. The highest BCUT2D eigenvalue weighted by Gasteiger charge is 2.23. The zero-order valence-corrected chi connectivity index (χ0v) is 15.0. The van der Waals surface area contributed by atoms with Crippen molar-refractivity contribution in [2.75, 3.05) is 5.88 Å². The van der Waals surface area contributed by atoms with Gasteiger partial charge in [-0.2, -0.15) is 0 Å². The van der Waals surface area contributed by atoms with Gasteiger partial charge in [0.25, 0.3) is 0 Å². The molecule has 126 valence electrons. The largest absolute Gasteiger partial charge is 0.505 e. The van der Waals surface area contributed by atoms with Gasteiger partial charge in [-0.15, -0.1) is 26.6 Å². The summed E-state index contributed by atoms with van der Waals surface area (Å²) in [5.41, 5.74) is 4.08. The van der Waals surface area contributed by atoms with Crippen LogP contribution in [0.15, 0.2) is 36.4 Å². The Morgan fingerprint density at radius 1 is 1.08 bits per heavy atom. The van der Waals surface area contributed by atoms with Gasteiger partial charge in [0.05, 0.1) is 0 Å². The summed E-state index contributed by atoms with van der Waals surface area (Å²) in [5, 5.41) is 19.8. The number of phenols is 1. The minimum atomic E-state index is -0.178. The van der Waals surface area contributed by atoms with E-state index in [0.29, 0.717) is 11.6 Å². The van der Waals surface area contributed by atoms with Crippen LogP contribution in [0.1, 0.15) is 38.3 Å². The highest BCUT2D eigenvalue weighted by Crippen LogP contribution is 2.36. The molecule has 0 saturated heterocycles. The number of aromatic nitrogens is 3. The summed E-state index contributed by atoms with van der Waals surface area (Å²) >= 11 is 5.84. The van der Waals surface area contributed by atoms with E-state index in [1.165, 1.54) is 4.80 Å². The molecule has 0 saturated carbocycles. The standard InChI is InChI=1S/C19H22ClN3O/c1-19(2,3)14-11-13(7-6-10-20)12-17(18(14)24)23-21-15-8-4-5-9-16(15)22-23/h4-5,8-9,11-12,24H,6-7,10H2,1-3H3. The van der Waals surface area contributed by atoms with Crippen LogP contribution < -0.4 is 0 Å². The van der Waals surface area contributed by atoms with Gasteiger partial charge in [0.1, 0.15) is 22.5 Å². The number of nitrogens with zero attached hydrogens (tertiary/aromatic N) is 3. The van der Waals surface area contributed by atoms with Gasteiger partial charge in [-0.05, 0) is 42.0 Å². The third-order valence-electron chi connectivity index (χ3n) is 4.06. The van der Waals surface area contributed by atoms with E-state index in [-0.39, 0.29) is 11.2 Å². The van der Waals surface area contributed by atoms with Gasteiger partial charge in [0.15, 0.2) is 0 Å². The van der Waals surface area contributed by atoms with Crippen LogP contribution in [0.25, 0.3) is 16.7 Å². The van der Waals surface area contributed by atoms with Crippen molar-refractivity contribution in [1.82, 2.24) is 15.0 Å². The molecule has 0 amide bonds. The highest BCUT2D eigenvalue weighted by atomic mass is 35.5. The highest BCUT2D eigenvalue weighted by molar-refractivity contribution is 6.17. The molecule has 0 radical (unpaired) electrons. The normalized spacial score (nSPS) is 12.0. The second-order valence-electron chi connectivity index (χ2n) is 7.03. The second-order valence-corrected chi connectivity index (χ2v) is 7.41. The van der Waals surface area contributed by atoms with Gasteiger partial charge in [-0.1, -0.05) is 39.0 Å². The van der Waals surface area contributed by atoms with Crippen molar-refractivity contribution in [3.05, 3.63) is 47.5 Å². The van der Waals surface area contributed by atoms with Crippen LogP contribution in [0.3, 0.4) is 0 Å². The summed E-state index contributed by atoms with van der Waals surface area (Å²) in [6.45, 7) is 6.26. The summed E-state index contributed by atoms with van der Waals surface area (Å²) in [6.07, 6.45) is 1.75. The van der Waals surface area contributed by atoms with E-state index < -0.39 is 0 Å². The lowest BCUT2D eigenvalue weighted by atomic mass is 9.84. The molecule has 0 atom stereocenters. The molecule has 0 unspecified atom stereocenters. The van der Waals surface area contributed by atoms with Gasteiger partial charge in [-0.3, -0.25) is 0 Å². The lowest BCUT2D eigenvalue weighted by Gasteiger charge is -2.23. The monoisotopic (exact) mass is 343 g/mol. The molecule has 0 aliphatic rings. The zero-order valence-electron chi connectivity index (χ0n) is 14.3. The van der Waals surface area contributed by atoms with Crippen molar-refractivity contribution in [2.24, 2.45) is 0 Å². The maximum absolute atomic E-state index is 10.8. The number of aromatic hydroxyl groups is 1. The molecule has 0 spiro atoms. The van der Waals surface area contributed by atoms with Gasteiger partial charge in [0, 0.05) is 11.4 Å². The van der Waals surface area contributed by atoms with E-state index in [9.17, 15) is 5.11 Å². The molecule has 1 aromatic heterocycles. The molecule has 3 rings (SSSR count). The summed E-state index contributed by atoms with van der Waals surface area (Å²) in [6, 6.07) is 11.7. The molecule has 1 N–H and O–H groups in total. The van der Waals surface area contributed by atoms with Crippen molar-refractivity contribution >= 4 is 22.6 Å². The van der Waals surface area contributed by atoms with E-state index in [4.69, 9.17) is 11.6 Å². The Balaban J connectivity index is 2.17. The molecule has 5 heteroatoms. The first-order valence-electron chi connectivity index (χ1n) is 8.15. The topological polar surface area (TPSA) is 50.9 Å². The average molecular weight is 344 g/mol. The molecule has 0 aliphatic carbocycles. The summed E-state index contributed by atoms with van der Waals surface area (Å²) in [4.78, 5) is 1.53. The Morgan fingerprint density at radius 2 is 1.71 bits per heavy atom. The molecule has 1 heterocycles. The molecule has 0 aliphatic heterocycles. The third kappa shape index (κ3) is 3.24. The number of benzene rings is 2. The first-order valence-corrected chi connectivity index (χ1v) is 8.68. The van der Waals surface area contributed by atoms with E-state index in [1.807, 2.05) is 30.3 Å². The Hall–Kier alpha value is -2.07. The summed E-state index contributed by atoms with van der Waals surface area (Å²) in [5.74, 6) is 0.850. The third-order valence-corrected chi connectivity index (χ3v) is 4.33. The van der Waals surface area contributed by atoms with Crippen LogP contribution in [0, 0.1) is 0 Å². The number of halogens is 1. The predicted octanol–water partition coefficient (Wildman–Crippen LogP) is 4.60. The number of rotatable bonds is 4. The average Bonchev–Trinajstić information content (AvgIpc) is 2.96. The van der Waals surface area contributed by atoms with Gasteiger partial charge in [-0.25, -0.2) is 0 Å². The van der Waals surface area contributed by atoms with E-state index in [2.05, 4.69) is 37.0 Å². The van der Waals surface area contributed by atoms with E-state index in [0.717, 1.165) is 35.0 Å². The molecule has 2 aromatic carbocycles. The van der Waals surface area contributed by atoms with Crippen LogP contribution in [0.5, 0.6) is 5.75 Å². The molecule has 0 bridgehead atoms. The molecule has 24 heavy (non-hydrogen) atoms.